The van der Waals surface area contributed by atoms with E-state index in [1.807, 2.05) is 13.8 Å². The van der Waals surface area contributed by atoms with Crippen molar-refractivity contribution in [2.24, 2.45) is 5.92 Å². The first-order valence-electron chi connectivity index (χ1n) is 6.02. The van der Waals surface area contributed by atoms with Gasteiger partial charge in [-0.15, -0.1) is 0 Å². The van der Waals surface area contributed by atoms with Gasteiger partial charge < -0.3 is 9.31 Å². The highest BCUT2D eigenvalue weighted by Crippen LogP contribution is 2.36. The molecule has 0 aromatic heterocycles. The van der Waals surface area contributed by atoms with Gasteiger partial charge in [-0.25, -0.2) is 0 Å². The molecule has 0 radical (unpaired) electrons. The van der Waals surface area contributed by atoms with Gasteiger partial charge in [0.25, 0.3) is 0 Å². The van der Waals surface area contributed by atoms with Gasteiger partial charge in [0.15, 0.2) is 0 Å². The van der Waals surface area contributed by atoms with E-state index in [9.17, 15) is 0 Å². The van der Waals surface area contributed by atoms with Crippen LogP contribution in [0.1, 0.15) is 46.5 Å². The van der Waals surface area contributed by atoms with E-state index in [-0.39, 0.29) is 7.12 Å². The molecule has 0 saturated heterocycles. The molecule has 1 saturated carbocycles. The maximum atomic E-state index is 5.67. The lowest BCUT2D eigenvalue weighted by atomic mass is 9.59. The first kappa shape index (κ1) is 12.1. The van der Waals surface area contributed by atoms with Crippen LogP contribution in [-0.2, 0) is 9.31 Å². The maximum absolute atomic E-state index is 5.67. The number of rotatable bonds is 5. The average Bonchev–Trinajstić information content (AvgIpc) is 2.18. The molecule has 0 N–H and O–H groups in total. The van der Waals surface area contributed by atoms with Gasteiger partial charge in [0.1, 0.15) is 0 Å². The molecule has 0 amide bonds. The second kappa shape index (κ2) is 6.47. The van der Waals surface area contributed by atoms with Crippen molar-refractivity contribution >= 4 is 7.12 Å². The standard InChI is InChI=1S/C11H23BO2/c1-4-13-12(14-5-2)11-9-7-6-8-10(11)3/h10-11H,4-9H2,1-3H3/t10-,11-/m0/s1. The van der Waals surface area contributed by atoms with Gasteiger partial charge in [0, 0.05) is 13.2 Å². The van der Waals surface area contributed by atoms with Gasteiger partial charge in [-0.2, -0.15) is 0 Å². The van der Waals surface area contributed by atoms with Gasteiger partial charge in [-0.05, 0) is 25.6 Å². The third kappa shape index (κ3) is 3.28. The second-order valence-electron chi connectivity index (χ2n) is 4.20. The van der Waals surface area contributed by atoms with E-state index in [4.69, 9.17) is 9.31 Å². The summed E-state index contributed by atoms with van der Waals surface area (Å²) in [6.45, 7) is 7.93. The van der Waals surface area contributed by atoms with Crippen molar-refractivity contribution in [1.29, 1.82) is 0 Å². The van der Waals surface area contributed by atoms with E-state index >= 15 is 0 Å². The van der Waals surface area contributed by atoms with E-state index in [1.54, 1.807) is 0 Å². The third-order valence-corrected chi connectivity index (χ3v) is 3.19. The molecule has 14 heavy (non-hydrogen) atoms. The Morgan fingerprint density at radius 2 is 1.64 bits per heavy atom. The van der Waals surface area contributed by atoms with Crippen LogP contribution in [-0.4, -0.2) is 20.3 Å². The minimum Gasteiger partial charge on any atom is -0.411 e. The fourth-order valence-corrected chi connectivity index (χ4v) is 2.37. The Morgan fingerprint density at radius 1 is 1.07 bits per heavy atom. The lowest BCUT2D eigenvalue weighted by Gasteiger charge is -2.31. The van der Waals surface area contributed by atoms with Crippen LogP contribution < -0.4 is 0 Å². The molecule has 0 spiro atoms. The summed E-state index contributed by atoms with van der Waals surface area (Å²) < 4.78 is 11.3. The quantitative estimate of drug-likeness (QED) is 0.632. The molecule has 1 aliphatic carbocycles. The molecule has 0 unspecified atom stereocenters. The van der Waals surface area contributed by atoms with Crippen LogP contribution in [0.15, 0.2) is 0 Å². The topological polar surface area (TPSA) is 18.5 Å². The Kier molecular flexibility index (Phi) is 5.57. The fraction of sp³-hybridized carbons (Fsp3) is 1.00. The second-order valence-corrected chi connectivity index (χ2v) is 4.20. The third-order valence-electron chi connectivity index (χ3n) is 3.19. The largest absolute Gasteiger partial charge is 0.460 e. The van der Waals surface area contributed by atoms with Gasteiger partial charge in [0.05, 0.1) is 0 Å². The van der Waals surface area contributed by atoms with Crippen LogP contribution in [0.25, 0.3) is 0 Å². The Hall–Kier alpha value is -0.0151. The SMILES string of the molecule is CCOB(OCC)[C@H]1CCCC[C@@H]1C. The zero-order chi connectivity index (χ0) is 10.4. The Bertz CT molecular complexity index is 146. The predicted octanol–water partition coefficient (Wildman–Crippen LogP) is 3.13. The zero-order valence-electron chi connectivity index (χ0n) is 9.79. The van der Waals surface area contributed by atoms with Crippen LogP contribution in [0.5, 0.6) is 0 Å². The first-order chi connectivity index (χ1) is 6.79. The molecule has 1 fully saturated rings. The highest BCUT2D eigenvalue weighted by Gasteiger charge is 2.35. The highest BCUT2D eigenvalue weighted by atomic mass is 16.6. The van der Waals surface area contributed by atoms with Crippen molar-refractivity contribution in [2.45, 2.75) is 52.3 Å². The van der Waals surface area contributed by atoms with E-state index in [1.165, 1.54) is 25.7 Å². The summed E-state index contributed by atoms with van der Waals surface area (Å²) in [5.41, 5.74) is 0. The Balaban J connectivity index is 2.46. The Labute approximate surface area is 88.5 Å². The molecule has 0 bridgehead atoms. The molecule has 2 atom stereocenters. The van der Waals surface area contributed by atoms with E-state index in [0.717, 1.165) is 19.1 Å². The van der Waals surface area contributed by atoms with Crippen molar-refractivity contribution in [3.63, 3.8) is 0 Å². The molecule has 3 heteroatoms. The van der Waals surface area contributed by atoms with Gasteiger partial charge in [0.2, 0.25) is 0 Å². The summed E-state index contributed by atoms with van der Waals surface area (Å²) in [5, 5.41) is 0. The summed E-state index contributed by atoms with van der Waals surface area (Å²) in [6.07, 6.45) is 5.32. The smallest absolute Gasteiger partial charge is 0.411 e. The van der Waals surface area contributed by atoms with Gasteiger partial charge >= 0.3 is 7.12 Å². The molecule has 0 aliphatic heterocycles. The predicted molar refractivity (Wildman–Crippen MR) is 60.4 cm³/mol. The summed E-state index contributed by atoms with van der Waals surface area (Å²) in [6, 6.07) is 0. The lowest BCUT2D eigenvalue weighted by molar-refractivity contribution is 0.184. The van der Waals surface area contributed by atoms with Crippen molar-refractivity contribution in [2.75, 3.05) is 13.2 Å². The minimum absolute atomic E-state index is 0.0419. The number of hydrogen-bond donors (Lipinski definition) is 0. The molecule has 0 aromatic rings. The van der Waals surface area contributed by atoms with Crippen molar-refractivity contribution < 1.29 is 9.31 Å². The highest BCUT2D eigenvalue weighted by molar-refractivity contribution is 6.46. The molecular formula is C11H23BO2. The average molecular weight is 198 g/mol. The molecule has 1 rings (SSSR count). The van der Waals surface area contributed by atoms with Crippen molar-refractivity contribution in [1.82, 2.24) is 0 Å². The summed E-state index contributed by atoms with van der Waals surface area (Å²) in [7, 11) is 0.0419. The van der Waals surface area contributed by atoms with Crippen LogP contribution in [0.2, 0.25) is 5.82 Å². The summed E-state index contributed by atoms with van der Waals surface area (Å²) in [5.74, 6) is 1.37. The van der Waals surface area contributed by atoms with Crippen molar-refractivity contribution in [3.05, 3.63) is 0 Å². The van der Waals surface area contributed by atoms with Gasteiger partial charge in [-0.1, -0.05) is 32.6 Å². The zero-order valence-corrected chi connectivity index (χ0v) is 9.79. The van der Waals surface area contributed by atoms with Crippen LogP contribution in [0.3, 0.4) is 0 Å². The van der Waals surface area contributed by atoms with Crippen LogP contribution >= 0.6 is 0 Å². The van der Waals surface area contributed by atoms with Crippen LogP contribution in [0, 0.1) is 5.92 Å². The molecule has 2 nitrogen and oxygen atoms in total. The maximum Gasteiger partial charge on any atom is 0.460 e. The molecule has 0 aromatic carbocycles. The lowest BCUT2D eigenvalue weighted by Crippen LogP contribution is -2.34. The summed E-state index contributed by atoms with van der Waals surface area (Å²) in [4.78, 5) is 0. The summed E-state index contributed by atoms with van der Waals surface area (Å²) >= 11 is 0. The van der Waals surface area contributed by atoms with Crippen LogP contribution in [0.4, 0.5) is 0 Å². The monoisotopic (exact) mass is 198 g/mol. The first-order valence-corrected chi connectivity index (χ1v) is 6.02. The fourth-order valence-electron chi connectivity index (χ4n) is 2.37. The molecule has 0 heterocycles. The van der Waals surface area contributed by atoms with E-state index in [0.29, 0.717) is 5.82 Å². The normalized spacial score (nSPS) is 27.6. The van der Waals surface area contributed by atoms with E-state index in [2.05, 4.69) is 6.92 Å². The van der Waals surface area contributed by atoms with E-state index < -0.39 is 0 Å². The molecule has 82 valence electrons. The van der Waals surface area contributed by atoms with Crippen molar-refractivity contribution in [3.8, 4) is 0 Å². The van der Waals surface area contributed by atoms with Gasteiger partial charge in [-0.3, -0.25) is 0 Å². The molecule has 1 aliphatic rings. The number of hydrogen-bond acceptors (Lipinski definition) is 2. The molecular weight excluding hydrogens is 175 g/mol. The Morgan fingerprint density at radius 3 is 2.14 bits per heavy atom. The minimum atomic E-state index is 0.0419.